The summed E-state index contributed by atoms with van der Waals surface area (Å²) in [5.74, 6) is 0.0772. The fourth-order valence-corrected chi connectivity index (χ4v) is 4.37. The average molecular weight is 537 g/mol. The Bertz CT molecular complexity index is 1100. The number of aryl methyl sites for hydroxylation is 1. The van der Waals surface area contributed by atoms with E-state index in [9.17, 15) is 9.59 Å². The van der Waals surface area contributed by atoms with Gasteiger partial charge in [-0.3, -0.25) is 4.79 Å². The molecule has 0 spiro atoms. The first kappa shape index (κ1) is 24.3. The Morgan fingerprint density at radius 3 is 2.59 bits per heavy atom. The van der Waals surface area contributed by atoms with Gasteiger partial charge in [-0.05, 0) is 61.7 Å². The summed E-state index contributed by atoms with van der Waals surface area (Å²) < 4.78 is 11.9. The molecule has 3 aromatic rings. The second kappa shape index (κ2) is 11.5. The van der Waals surface area contributed by atoms with Gasteiger partial charge in [0.25, 0.3) is 0 Å². The Hall–Kier alpha value is -2.35. The Labute approximate surface area is 204 Å². The fraction of sp³-hybridized carbons (Fsp3) is 0.250. The lowest BCUT2D eigenvalue weighted by Crippen LogP contribution is -2.15. The van der Waals surface area contributed by atoms with Crippen LogP contribution in [0, 0.1) is 6.92 Å². The van der Waals surface area contributed by atoms with Crippen LogP contribution in [0.3, 0.4) is 0 Å². The number of benzene rings is 2. The van der Waals surface area contributed by atoms with Crippen LogP contribution >= 0.6 is 38.9 Å². The summed E-state index contributed by atoms with van der Waals surface area (Å²) in [7, 11) is 0. The lowest BCUT2D eigenvalue weighted by Gasteiger charge is -2.10. The summed E-state index contributed by atoms with van der Waals surface area (Å²) in [6, 6.07) is 13.1. The van der Waals surface area contributed by atoms with Crippen LogP contribution in [0.2, 0.25) is 5.02 Å². The van der Waals surface area contributed by atoms with Crippen molar-refractivity contribution >= 4 is 55.7 Å². The van der Waals surface area contributed by atoms with Gasteiger partial charge in [-0.25, -0.2) is 4.79 Å². The molecule has 2 aromatic carbocycles. The van der Waals surface area contributed by atoms with Crippen molar-refractivity contribution in [2.45, 2.75) is 26.7 Å². The average Bonchev–Trinajstić information content (AvgIpc) is 3.18. The fourth-order valence-electron chi connectivity index (χ4n) is 3.02. The molecule has 32 heavy (non-hydrogen) atoms. The highest BCUT2D eigenvalue weighted by Gasteiger charge is 2.22. The molecule has 0 aliphatic carbocycles. The minimum Gasteiger partial charge on any atom is -0.494 e. The van der Waals surface area contributed by atoms with Gasteiger partial charge in [-0.2, -0.15) is 0 Å². The first-order chi connectivity index (χ1) is 15.4. The highest BCUT2D eigenvalue weighted by Crippen LogP contribution is 2.36. The normalized spacial score (nSPS) is 10.6. The number of amides is 1. The third-order valence-corrected chi connectivity index (χ3v) is 6.47. The van der Waals surface area contributed by atoms with Crippen molar-refractivity contribution in [2.24, 2.45) is 0 Å². The van der Waals surface area contributed by atoms with Crippen LogP contribution in [-0.4, -0.2) is 25.1 Å². The molecule has 0 atom stereocenters. The number of carbonyl (C=O) groups excluding carboxylic acids is 2. The van der Waals surface area contributed by atoms with E-state index in [0.717, 1.165) is 21.2 Å². The topological polar surface area (TPSA) is 64.6 Å². The maximum Gasteiger partial charge on any atom is 0.341 e. The van der Waals surface area contributed by atoms with E-state index in [-0.39, 0.29) is 18.9 Å². The Morgan fingerprint density at radius 2 is 1.91 bits per heavy atom. The quantitative estimate of drug-likeness (QED) is 0.234. The Kier molecular flexibility index (Phi) is 8.73. The minimum absolute atomic E-state index is 0.185. The SMILES string of the molecule is CCOC(=O)c1c(-c2ccc(Br)cc2)csc1NC(=O)CCCOc1ccc(Cl)c(C)c1. The second-order valence-corrected chi connectivity index (χ2v) is 9.19. The molecule has 1 heterocycles. The van der Waals surface area contributed by atoms with E-state index in [1.165, 1.54) is 11.3 Å². The van der Waals surface area contributed by atoms with Gasteiger partial charge in [0.2, 0.25) is 5.91 Å². The summed E-state index contributed by atoms with van der Waals surface area (Å²) in [6.07, 6.45) is 0.799. The van der Waals surface area contributed by atoms with Crippen molar-refractivity contribution in [2.75, 3.05) is 18.5 Å². The van der Waals surface area contributed by atoms with Gasteiger partial charge in [-0.15, -0.1) is 11.3 Å². The molecule has 1 amide bonds. The van der Waals surface area contributed by atoms with E-state index < -0.39 is 5.97 Å². The third kappa shape index (κ3) is 6.34. The number of carbonyl (C=O) groups is 2. The van der Waals surface area contributed by atoms with Crippen molar-refractivity contribution in [3.8, 4) is 16.9 Å². The monoisotopic (exact) mass is 535 g/mol. The van der Waals surface area contributed by atoms with Crippen LogP contribution in [0.15, 0.2) is 52.3 Å². The van der Waals surface area contributed by atoms with E-state index in [2.05, 4.69) is 21.2 Å². The number of hydrogen-bond donors (Lipinski definition) is 1. The molecular formula is C24H23BrClNO4S. The molecule has 0 radical (unpaired) electrons. The van der Waals surface area contributed by atoms with E-state index in [1.807, 2.05) is 42.6 Å². The highest BCUT2D eigenvalue weighted by molar-refractivity contribution is 9.10. The maximum absolute atomic E-state index is 12.6. The molecule has 168 valence electrons. The summed E-state index contributed by atoms with van der Waals surface area (Å²) in [5, 5.41) is 5.90. The van der Waals surface area contributed by atoms with Gasteiger partial charge in [0.05, 0.1) is 13.2 Å². The van der Waals surface area contributed by atoms with Crippen molar-refractivity contribution in [1.82, 2.24) is 0 Å². The van der Waals surface area contributed by atoms with Gasteiger partial charge in [0.1, 0.15) is 16.3 Å². The first-order valence-electron chi connectivity index (χ1n) is 10.1. The van der Waals surface area contributed by atoms with Crippen LogP contribution < -0.4 is 10.1 Å². The van der Waals surface area contributed by atoms with Crippen molar-refractivity contribution in [1.29, 1.82) is 0 Å². The molecule has 0 saturated carbocycles. The molecule has 8 heteroatoms. The molecule has 1 N–H and O–H groups in total. The van der Waals surface area contributed by atoms with Crippen LogP contribution in [0.4, 0.5) is 5.00 Å². The maximum atomic E-state index is 12.6. The van der Waals surface area contributed by atoms with Gasteiger partial charge in [-0.1, -0.05) is 39.7 Å². The molecule has 0 aliphatic rings. The standard InChI is InChI=1S/C24H23BrClNO4S/c1-3-30-24(29)22-19(16-6-8-17(25)9-7-16)14-32-23(22)27-21(28)5-4-12-31-18-10-11-20(26)15(2)13-18/h6-11,13-14H,3-5,12H2,1-2H3,(H,27,28). The molecule has 0 bridgehead atoms. The molecule has 1 aromatic heterocycles. The van der Waals surface area contributed by atoms with E-state index in [0.29, 0.717) is 34.4 Å². The number of thiophene rings is 1. The summed E-state index contributed by atoms with van der Waals surface area (Å²) >= 11 is 10.7. The van der Waals surface area contributed by atoms with Crippen LogP contribution in [0.25, 0.3) is 11.1 Å². The van der Waals surface area contributed by atoms with Crippen molar-refractivity contribution in [3.05, 3.63) is 68.5 Å². The minimum atomic E-state index is -0.455. The van der Waals surface area contributed by atoms with E-state index in [1.54, 1.807) is 19.1 Å². The number of ether oxygens (including phenoxy) is 2. The zero-order valence-electron chi connectivity index (χ0n) is 17.7. The van der Waals surface area contributed by atoms with Crippen LogP contribution in [0.5, 0.6) is 5.75 Å². The van der Waals surface area contributed by atoms with Gasteiger partial charge in [0.15, 0.2) is 0 Å². The van der Waals surface area contributed by atoms with Crippen LogP contribution in [-0.2, 0) is 9.53 Å². The van der Waals surface area contributed by atoms with Crippen molar-refractivity contribution in [3.63, 3.8) is 0 Å². The molecule has 0 unspecified atom stereocenters. The number of hydrogen-bond acceptors (Lipinski definition) is 5. The molecule has 0 saturated heterocycles. The zero-order chi connectivity index (χ0) is 23.1. The van der Waals surface area contributed by atoms with Gasteiger partial charge < -0.3 is 14.8 Å². The molecule has 3 rings (SSSR count). The lowest BCUT2D eigenvalue weighted by atomic mass is 10.0. The number of rotatable bonds is 9. The Balaban J connectivity index is 1.63. The number of esters is 1. The largest absolute Gasteiger partial charge is 0.494 e. The summed E-state index contributed by atoms with van der Waals surface area (Å²) in [6.45, 7) is 4.31. The van der Waals surface area contributed by atoms with E-state index in [4.69, 9.17) is 21.1 Å². The van der Waals surface area contributed by atoms with Gasteiger partial charge in [0, 0.05) is 26.9 Å². The highest BCUT2D eigenvalue weighted by atomic mass is 79.9. The Morgan fingerprint density at radius 1 is 1.16 bits per heavy atom. The number of nitrogens with one attached hydrogen (secondary N) is 1. The summed E-state index contributed by atoms with van der Waals surface area (Å²) in [5.41, 5.74) is 2.92. The lowest BCUT2D eigenvalue weighted by molar-refractivity contribution is -0.116. The third-order valence-electron chi connectivity index (χ3n) is 4.63. The molecular weight excluding hydrogens is 514 g/mol. The predicted molar refractivity (Wildman–Crippen MR) is 133 cm³/mol. The smallest absolute Gasteiger partial charge is 0.341 e. The van der Waals surface area contributed by atoms with E-state index >= 15 is 0 Å². The van der Waals surface area contributed by atoms with Gasteiger partial charge >= 0.3 is 5.97 Å². The van der Waals surface area contributed by atoms with Crippen molar-refractivity contribution < 1.29 is 19.1 Å². The van der Waals surface area contributed by atoms with Crippen LogP contribution in [0.1, 0.15) is 35.7 Å². The predicted octanol–water partition coefficient (Wildman–Crippen LogP) is 7.11. The first-order valence-corrected chi connectivity index (χ1v) is 12.2. The molecule has 5 nitrogen and oxygen atoms in total. The molecule has 0 aliphatic heterocycles. The summed E-state index contributed by atoms with van der Waals surface area (Å²) in [4.78, 5) is 25.1. The second-order valence-electron chi connectivity index (χ2n) is 6.99. The number of halogens is 2. The number of anilines is 1. The zero-order valence-corrected chi connectivity index (χ0v) is 20.9. The molecule has 0 fully saturated rings.